The van der Waals surface area contributed by atoms with E-state index in [0.29, 0.717) is 0 Å². The van der Waals surface area contributed by atoms with Crippen molar-refractivity contribution < 1.29 is 0 Å². The monoisotopic (exact) mass is 266 g/mol. The van der Waals surface area contributed by atoms with Gasteiger partial charge in [-0.2, -0.15) is 0 Å². The molecule has 0 N–H and O–H groups in total. The molecule has 0 nitrogen and oxygen atoms in total. The van der Waals surface area contributed by atoms with Crippen LogP contribution in [0.3, 0.4) is 0 Å². The van der Waals surface area contributed by atoms with Crippen molar-refractivity contribution in [2.75, 3.05) is 0 Å². The SMILES string of the molecule is CC(C)[C@H]1CC[C@@H](C)C[C@H]1I. The smallest absolute Gasteiger partial charge is 0.0143 e. The van der Waals surface area contributed by atoms with E-state index in [1.165, 1.54) is 19.3 Å². The molecule has 0 heterocycles. The second-order valence-electron chi connectivity index (χ2n) is 4.34. The van der Waals surface area contributed by atoms with Gasteiger partial charge in [0.2, 0.25) is 0 Å². The molecule has 1 aliphatic carbocycles. The molecule has 0 spiro atoms. The summed E-state index contributed by atoms with van der Waals surface area (Å²) in [5.74, 6) is 2.86. The normalized spacial score (nSPS) is 39.5. The third kappa shape index (κ3) is 2.60. The molecule has 0 aromatic heterocycles. The van der Waals surface area contributed by atoms with Crippen LogP contribution in [-0.4, -0.2) is 3.92 Å². The molecule has 0 unspecified atom stereocenters. The lowest BCUT2D eigenvalue weighted by Crippen LogP contribution is -2.27. The fourth-order valence-electron chi connectivity index (χ4n) is 2.09. The summed E-state index contributed by atoms with van der Waals surface area (Å²) in [7, 11) is 0. The Hall–Kier alpha value is 0.730. The Kier molecular flexibility index (Phi) is 3.66. The number of halogens is 1. The van der Waals surface area contributed by atoms with Gasteiger partial charge in [-0.05, 0) is 30.6 Å². The molecule has 1 aliphatic rings. The van der Waals surface area contributed by atoms with Gasteiger partial charge in [0.05, 0.1) is 0 Å². The van der Waals surface area contributed by atoms with Crippen molar-refractivity contribution in [2.24, 2.45) is 17.8 Å². The molecule has 0 aliphatic heterocycles. The summed E-state index contributed by atoms with van der Waals surface area (Å²) < 4.78 is 0.941. The van der Waals surface area contributed by atoms with Crippen molar-refractivity contribution in [1.82, 2.24) is 0 Å². The lowest BCUT2D eigenvalue weighted by Gasteiger charge is -2.33. The topological polar surface area (TPSA) is 0 Å². The molecule has 1 rings (SSSR count). The lowest BCUT2D eigenvalue weighted by molar-refractivity contribution is 0.252. The van der Waals surface area contributed by atoms with E-state index in [2.05, 4.69) is 43.4 Å². The van der Waals surface area contributed by atoms with Crippen molar-refractivity contribution in [1.29, 1.82) is 0 Å². The van der Waals surface area contributed by atoms with Gasteiger partial charge in [0, 0.05) is 3.92 Å². The minimum Gasteiger partial charge on any atom is -0.0823 e. The van der Waals surface area contributed by atoms with Crippen LogP contribution in [0.25, 0.3) is 0 Å². The molecular formula is C10H19I. The van der Waals surface area contributed by atoms with Crippen LogP contribution in [0, 0.1) is 17.8 Å². The number of hydrogen-bond donors (Lipinski definition) is 0. The van der Waals surface area contributed by atoms with E-state index in [0.717, 1.165) is 21.7 Å². The molecule has 11 heavy (non-hydrogen) atoms. The molecule has 0 bridgehead atoms. The van der Waals surface area contributed by atoms with Crippen LogP contribution in [0.4, 0.5) is 0 Å². The second kappa shape index (κ2) is 4.11. The van der Waals surface area contributed by atoms with Crippen LogP contribution in [0.5, 0.6) is 0 Å². The maximum Gasteiger partial charge on any atom is 0.0143 e. The fourth-order valence-corrected chi connectivity index (χ4v) is 4.14. The first-order valence-corrected chi connectivity index (χ1v) is 6.00. The number of alkyl halides is 1. The highest BCUT2D eigenvalue weighted by molar-refractivity contribution is 14.1. The molecule has 0 amide bonds. The van der Waals surface area contributed by atoms with Gasteiger partial charge in [0.15, 0.2) is 0 Å². The predicted octanol–water partition coefficient (Wildman–Crippen LogP) is 3.88. The van der Waals surface area contributed by atoms with Crippen molar-refractivity contribution >= 4 is 22.6 Å². The van der Waals surface area contributed by atoms with Crippen LogP contribution in [0.2, 0.25) is 0 Å². The zero-order valence-electron chi connectivity index (χ0n) is 7.81. The van der Waals surface area contributed by atoms with Gasteiger partial charge in [0.25, 0.3) is 0 Å². The average Bonchev–Trinajstić information content (AvgIpc) is 1.85. The molecule has 0 aromatic rings. The number of rotatable bonds is 1. The Morgan fingerprint density at radius 2 is 1.91 bits per heavy atom. The van der Waals surface area contributed by atoms with E-state index in [1.54, 1.807) is 0 Å². The van der Waals surface area contributed by atoms with Crippen LogP contribution in [0.1, 0.15) is 40.0 Å². The Labute approximate surface area is 84.3 Å². The average molecular weight is 266 g/mol. The fraction of sp³-hybridized carbons (Fsp3) is 1.00. The summed E-state index contributed by atoms with van der Waals surface area (Å²) in [4.78, 5) is 0. The molecule has 0 radical (unpaired) electrons. The van der Waals surface area contributed by atoms with E-state index in [9.17, 15) is 0 Å². The van der Waals surface area contributed by atoms with Crippen molar-refractivity contribution in [3.05, 3.63) is 0 Å². The Bertz CT molecular complexity index is 120. The third-order valence-electron chi connectivity index (χ3n) is 2.94. The van der Waals surface area contributed by atoms with Crippen LogP contribution in [0.15, 0.2) is 0 Å². The molecule has 66 valence electrons. The van der Waals surface area contributed by atoms with Crippen LogP contribution >= 0.6 is 22.6 Å². The minimum absolute atomic E-state index is 0.893. The highest BCUT2D eigenvalue weighted by atomic mass is 127. The van der Waals surface area contributed by atoms with E-state index < -0.39 is 0 Å². The van der Waals surface area contributed by atoms with Gasteiger partial charge < -0.3 is 0 Å². The van der Waals surface area contributed by atoms with Gasteiger partial charge in [-0.3, -0.25) is 0 Å². The molecule has 3 atom stereocenters. The highest BCUT2D eigenvalue weighted by Crippen LogP contribution is 2.37. The standard InChI is InChI=1S/C10H19I/c1-7(2)9-5-4-8(3)6-10(9)11/h7-10H,4-6H2,1-3H3/t8-,9-,10-/m1/s1. The first kappa shape index (κ1) is 9.82. The van der Waals surface area contributed by atoms with E-state index in [1.807, 2.05) is 0 Å². The molecule has 0 aromatic carbocycles. The van der Waals surface area contributed by atoms with Crippen molar-refractivity contribution in [3.63, 3.8) is 0 Å². The minimum atomic E-state index is 0.893. The number of hydrogen-bond acceptors (Lipinski definition) is 0. The molecular weight excluding hydrogens is 247 g/mol. The molecule has 1 saturated carbocycles. The van der Waals surface area contributed by atoms with Gasteiger partial charge >= 0.3 is 0 Å². The second-order valence-corrected chi connectivity index (χ2v) is 5.94. The highest BCUT2D eigenvalue weighted by Gasteiger charge is 2.28. The summed E-state index contributed by atoms with van der Waals surface area (Å²) in [5, 5.41) is 0. The largest absolute Gasteiger partial charge is 0.0823 e. The Balaban J connectivity index is 2.44. The van der Waals surface area contributed by atoms with Gasteiger partial charge in [-0.25, -0.2) is 0 Å². The van der Waals surface area contributed by atoms with Gasteiger partial charge in [0.1, 0.15) is 0 Å². The maximum atomic E-state index is 2.65. The maximum absolute atomic E-state index is 2.65. The Morgan fingerprint density at radius 1 is 1.27 bits per heavy atom. The van der Waals surface area contributed by atoms with Crippen LogP contribution < -0.4 is 0 Å². The van der Waals surface area contributed by atoms with E-state index >= 15 is 0 Å². The zero-order chi connectivity index (χ0) is 8.43. The van der Waals surface area contributed by atoms with Crippen molar-refractivity contribution in [2.45, 2.75) is 44.0 Å². The predicted molar refractivity (Wildman–Crippen MR) is 59.2 cm³/mol. The summed E-state index contributed by atoms with van der Waals surface area (Å²) in [5.41, 5.74) is 0. The molecule has 0 saturated heterocycles. The zero-order valence-corrected chi connectivity index (χ0v) is 9.97. The van der Waals surface area contributed by atoms with E-state index in [-0.39, 0.29) is 0 Å². The van der Waals surface area contributed by atoms with Crippen LogP contribution in [-0.2, 0) is 0 Å². The van der Waals surface area contributed by atoms with Gasteiger partial charge in [-0.1, -0.05) is 49.8 Å². The lowest BCUT2D eigenvalue weighted by atomic mass is 9.78. The molecule has 1 heteroatoms. The van der Waals surface area contributed by atoms with Crippen molar-refractivity contribution in [3.8, 4) is 0 Å². The third-order valence-corrected chi connectivity index (χ3v) is 4.37. The summed E-state index contributed by atoms with van der Waals surface area (Å²) in [6.45, 7) is 7.13. The molecule has 1 fully saturated rings. The first-order chi connectivity index (χ1) is 5.11. The first-order valence-electron chi connectivity index (χ1n) is 4.75. The van der Waals surface area contributed by atoms with Gasteiger partial charge in [-0.15, -0.1) is 0 Å². The van der Waals surface area contributed by atoms with E-state index in [4.69, 9.17) is 0 Å². The Morgan fingerprint density at radius 3 is 2.36 bits per heavy atom. The summed E-state index contributed by atoms with van der Waals surface area (Å²) in [6.07, 6.45) is 4.37. The quantitative estimate of drug-likeness (QED) is 0.499. The summed E-state index contributed by atoms with van der Waals surface area (Å²) >= 11 is 2.65. The summed E-state index contributed by atoms with van der Waals surface area (Å²) in [6, 6.07) is 0.